The average molecular weight is 434 g/mol. The van der Waals surface area contributed by atoms with Gasteiger partial charge < -0.3 is 9.88 Å². The fourth-order valence-electron chi connectivity index (χ4n) is 4.10. The molecule has 0 aliphatic rings. The molecule has 0 atom stereocenters. The number of hydrogen-bond donors (Lipinski definition) is 1. The molecule has 3 aromatic rings. The molecule has 0 spiro atoms. The number of rotatable bonds is 8. The van der Waals surface area contributed by atoms with E-state index in [1.165, 1.54) is 0 Å². The Morgan fingerprint density at radius 1 is 1.16 bits per heavy atom. The van der Waals surface area contributed by atoms with Crippen LogP contribution in [0.25, 0.3) is 16.6 Å². The second kappa shape index (κ2) is 9.41. The first kappa shape index (κ1) is 22.7. The first-order valence-corrected chi connectivity index (χ1v) is 11.0. The quantitative estimate of drug-likeness (QED) is 0.405. The highest BCUT2D eigenvalue weighted by atomic mass is 35.5. The minimum Gasteiger partial charge on any atom is -0.372 e. The number of H-pyrrole nitrogens is 1. The van der Waals surface area contributed by atoms with Gasteiger partial charge in [0.1, 0.15) is 0 Å². The molecule has 0 bridgehead atoms. The predicted octanol–water partition coefficient (Wildman–Crippen LogP) is 6.63. The average Bonchev–Trinajstić information content (AvgIpc) is 3.18. The Labute approximate surface area is 189 Å². The predicted molar refractivity (Wildman–Crippen MR) is 129 cm³/mol. The molecule has 5 heteroatoms. The number of carbonyl (C=O) groups excluding carboxylic acids is 1. The molecule has 1 aromatic heterocycles. The molecule has 0 saturated carbocycles. The summed E-state index contributed by atoms with van der Waals surface area (Å²) in [5, 5.41) is 10.6. The summed E-state index contributed by atoms with van der Waals surface area (Å²) in [6, 6.07) is 11.3. The maximum atomic E-state index is 13.5. The van der Waals surface area contributed by atoms with Crippen molar-refractivity contribution >= 4 is 34.0 Å². The van der Waals surface area contributed by atoms with Crippen molar-refractivity contribution in [1.82, 2.24) is 9.88 Å². The molecule has 0 aliphatic carbocycles. The van der Waals surface area contributed by atoms with Crippen molar-refractivity contribution < 1.29 is 4.79 Å². The van der Waals surface area contributed by atoms with Gasteiger partial charge in [0.25, 0.3) is 0 Å². The summed E-state index contributed by atoms with van der Waals surface area (Å²) in [6.07, 6.45) is 2.05. The summed E-state index contributed by atoms with van der Waals surface area (Å²) in [5.41, 5.74) is 5.90. The third-order valence-corrected chi connectivity index (χ3v) is 5.95. The zero-order chi connectivity index (χ0) is 22.7. The van der Waals surface area contributed by atoms with Crippen LogP contribution in [0.1, 0.15) is 65.0 Å². The number of hydrogen-bond acceptors (Lipinski definition) is 3. The normalized spacial score (nSPS) is 10.8. The van der Waals surface area contributed by atoms with Gasteiger partial charge in [-0.1, -0.05) is 38.1 Å². The number of nitrogens with one attached hydrogen (secondary N) is 1. The van der Waals surface area contributed by atoms with Gasteiger partial charge in [0.05, 0.1) is 22.3 Å². The number of aromatic amines is 1. The zero-order valence-electron chi connectivity index (χ0n) is 18.6. The molecule has 3 rings (SSSR count). The molecule has 1 N–H and O–H groups in total. The molecule has 4 nitrogen and oxygen atoms in total. The van der Waals surface area contributed by atoms with Crippen LogP contribution in [0.4, 0.5) is 0 Å². The van der Waals surface area contributed by atoms with E-state index in [2.05, 4.69) is 36.4 Å². The van der Waals surface area contributed by atoms with Crippen molar-refractivity contribution in [2.24, 2.45) is 0 Å². The fraction of sp³-hybridized carbons (Fsp3) is 0.308. The number of aryl methyl sites for hydroxylation is 1. The molecule has 1 heterocycles. The Morgan fingerprint density at radius 3 is 2.45 bits per heavy atom. The number of carbonyl (C=O) groups is 1. The van der Waals surface area contributed by atoms with E-state index in [0.717, 1.165) is 59.2 Å². The molecular formula is C26H28ClN3O. The molecule has 0 amide bonds. The third-order valence-electron chi connectivity index (χ3n) is 5.64. The monoisotopic (exact) mass is 433 g/mol. The van der Waals surface area contributed by atoms with Crippen LogP contribution in [0.5, 0.6) is 0 Å². The Morgan fingerprint density at radius 2 is 1.84 bits per heavy atom. The van der Waals surface area contributed by atoms with Crippen LogP contribution in [0.15, 0.2) is 36.9 Å². The van der Waals surface area contributed by atoms with E-state index in [1.54, 1.807) is 12.1 Å². The first-order chi connectivity index (χ1) is 14.8. The Kier molecular flexibility index (Phi) is 6.87. The number of nitrogens with zero attached hydrogens (tertiary/aromatic N) is 2. The van der Waals surface area contributed by atoms with Crippen LogP contribution < -0.4 is 0 Å². The highest BCUT2D eigenvalue weighted by Crippen LogP contribution is 2.31. The fourth-order valence-corrected chi connectivity index (χ4v) is 4.39. The Balaban J connectivity index is 2.07. The summed E-state index contributed by atoms with van der Waals surface area (Å²) in [7, 11) is 0. The van der Waals surface area contributed by atoms with Crippen LogP contribution in [0, 0.1) is 25.2 Å². The summed E-state index contributed by atoms with van der Waals surface area (Å²) >= 11 is 6.51. The van der Waals surface area contributed by atoms with Gasteiger partial charge in [-0.3, -0.25) is 4.79 Å². The molecule has 2 aromatic carbocycles. The second-order valence-electron chi connectivity index (χ2n) is 7.91. The Hall–Kier alpha value is -3.03. The summed E-state index contributed by atoms with van der Waals surface area (Å²) in [5.74, 6) is -0.163. The van der Waals surface area contributed by atoms with Gasteiger partial charge in [0.15, 0.2) is 0 Å². The van der Waals surface area contributed by atoms with E-state index in [4.69, 9.17) is 11.6 Å². The minimum atomic E-state index is -0.163. The second-order valence-corrected chi connectivity index (χ2v) is 8.31. The van der Waals surface area contributed by atoms with Crippen LogP contribution in [-0.2, 0) is 0 Å². The maximum absolute atomic E-state index is 13.5. The van der Waals surface area contributed by atoms with Gasteiger partial charge in [0.2, 0.25) is 5.78 Å². The molecule has 0 unspecified atom stereocenters. The number of halogens is 1. The van der Waals surface area contributed by atoms with E-state index in [9.17, 15) is 10.1 Å². The van der Waals surface area contributed by atoms with Crippen molar-refractivity contribution in [3.63, 3.8) is 0 Å². The van der Waals surface area contributed by atoms with Gasteiger partial charge in [0, 0.05) is 40.8 Å². The highest BCUT2D eigenvalue weighted by Gasteiger charge is 2.22. The van der Waals surface area contributed by atoms with Crippen LogP contribution in [0.3, 0.4) is 0 Å². The smallest absolute Gasteiger partial charge is 0.210 e. The summed E-state index contributed by atoms with van der Waals surface area (Å²) in [6.45, 7) is 14.3. The van der Waals surface area contributed by atoms with Crippen LogP contribution >= 0.6 is 11.6 Å². The summed E-state index contributed by atoms with van der Waals surface area (Å²) in [4.78, 5) is 18.9. The van der Waals surface area contributed by atoms with E-state index in [-0.39, 0.29) is 5.78 Å². The van der Waals surface area contributed by atoms with Crippen LogP contribution in [0.2, 0.25) is 5.02 Å². The van der Waals surface area contributed by atoms with Crippen molar-refractivity contribution in [3.05, 3.63) is 75.4 Å². The molecule has 160 valence electrons. The Bertz CT molecular complexity index is 1190. The van der Waals surface area contributed by atoms with Gasteiger partial charge in [-0.25, -0.2) is 0 Å². The van der Waals surface area contributed by atoms with Crippen molar-refractivity contribution in [2.45, 2.75) is 40.5 Å². The number of fused-ring (bicyclic) bond motifs is 1. The molecular weight excluding hydrogens is 406 g/mol. The SMILES string of the molecule is C=C(c1ccc(Cl)c(C(=O)c2cc3c(C)cc(C#N)cc3[nH]2)c1C)N(CCC)CCC. The molecule has 0 radical (unpaired) electrons. The van der Waals surface area contributed by atoms with Gasteiger partial charge in [-0.2, -0.15) is 5.26 Å². The standard InChI is InChI=1S/C26H28ClN3O/c1-6-10-30(11-7-2)18(5)20-8-9-22(27)25(17(20)4)26(31)24-14-21-16(3)12-19(15-28)13-23(21)29-24/h8-9,12-14,29H,5-7,10-11H2,1-4H3. The largest absolute Gasteiger partial charge is 0.372 e. The first-order valence-electron chi connectivity index (χ1n) is 10.6. The number of ketones is 1. The lowest BCUT2D eigenvalue weighted by Gasteiger charge is -2.27. The lowest BCUT2D eigenvalue weighted by Crippen LogP contribution is -2.24. The number of nitriles is 1. The topological polar surface area (TPSA) is 59.9 Å². The van der Waals surface area contributed by atoms with E-state index in [1.807, 2.05) is 32.0 Å². The summed E-state index contributed by atoms with van der Waals surface area (Å²) < 4.78 is 0. The number of aromatic nitrogens is 1. The van der Waals surface area contributed by atoms with Crippen LogP contribution in [-0.4, -0.2) is 28.8 Å². The van der Waals surface area contributed by atoms with Gasteiger partial charge >= 0.3 is 0 Å². The zero-order valence-corrected chi connectivity index (χ0v) is 19.4. The molecule has 0 saturated heterocycles. The third kappa shape index (κ3) is 4.38. The lowest BCUT2D eigenvalue weighted by molar-refractivity contribution is 0.103. The molecule has 0 fully saturated rings. The van der Waals surface area contributed by atoms with E-state index in [0.29, 0.717) is 21.8 Å². The highest BCUT2D eigenvalue weighted by molar-refractivity contribution is 6.35. The molecule has 0 aliphatic heterocycles. The van der Waals surface area contributed by atoms with E-state index < -0.39 is 0 Å². The van der Waals surface area contributed by atoms with Crippen molar-refractivity contribution in [3.8, 4) is 6.07 Å². The maximum Gasteiger partial charge on any atom is 0.210 e. The van der Waals surface area contributed by atoms with Gasteiger partial charge in [-0.15, -0.1) is 0 Å². The van der Waals surface area contributed by atoms with E-state index >= 15 is 0 Å². The molecule has 31 heavy (non-hydrogen) atoms. The van der Waals surface area contributed by atoms with Crippen molar-refractivity contribution in [1.29, 1.82) is 5.26 Å². The minimum absolute atomic E-state index is 0.163. The van der Waals surface area contributed by atoms with Gasteiger partial charge in [-0.05, 0) is 62.1 Å². The lowest BCUT2D eigenvalue weighted by atomic mass is 9.95. The van der Waals surface area contributed by atoms with Crippen molar-refractivity contribution in [2.75, 3.05) is 13.1 Å². The number of benzene rings is 2.